The van der Waals surface area contributed by atoms with Crippen molar-refractivity contribution in [3.05, 3.63) is 22.8 Å². The number of carbonyl (C=O) groups excluding carboxylic acids is 2. The van der Waals surface area contributed by atoms with Crippen molar-refractivity contribution >= 4 is 11.8 Å². The quantitative estimate of drug-likeness (QED) is 0.511. The monoisotopic (exact) mass is 381 g/mol. The number of rotatable bonds is 2. The topological polar surface area (TPSA) is 67.2 Å². The molecule has 0 spiro atoms. The van der Waals surface area contributed by atoms with Gasteiger partial charge in [0.1, 0.15) is 11.9 Å². The third kappa shape index (κ3) is 2.78. The summed E-state index contributed by atoms with van der Waals surface area (Å²) in [6.45, 7) is 7.80. The summed E-state index contributed by atoms with van der Waals surface area (Å²) >= 11 is 0. The highest BCUT2D eigenvalue weighted by Gasteiger charge is 2.60. The van der Waals surface area contributed by atoms with Crippen LogP contribution in [0.1, 0.15) is 66.2 Å². The van der Waals surface area contributed by atoms with Crippen LogP contribution in [0.2, 0.25) is 0 Å². The summed E-state index contributed by atoms with van der Waals surface area (Å²) in [7, 11) is 0. The number of nitriles is 1. The average Bonchev–Trinajstić information content (AvgIpc) is 2.95. The van der Waals surface area contributed by atoms with E-state index in [0.29, 0.717) is 17.6 Å². The minimum absolute atomic E-state index is 0.00492. The van der Waals surface area contributed by atoms with Crippen molar-refractivity contribution in [2.45, 2.75) is 72.3 Å². The van der Waals surface area contributed by atoms with Gasteiger partial charge in [-0.2, -0.15) is 5.26 Å². The fraction of sp³-hybridized carbons (Fsp3) is 0.708. The largest absolute Gasteiger partial charge is 0.462 e. The molecular weight excluding hydrogens is 350 g/mol. The molecule has 7 atom stereocenters. The normalized spacial score (nSPS) is 40.6. The van der Waals surface area contributed by atoms with Crippen LogP contribution < -0.4 is 0 Å². The number of hydrogen-bond acceptors (Lipinski definition) is 4. The number of esters is 1. The molecular formula is C24H31NO3. The molecule has 0 aromatic rings. The molecule has 0 amide bonds. The van der Waals surface area contributed by atoms with Crippen LogP contribution >= 0.6 is 0 Å². The standard InChI is InChI=1S/C24H31NO3/c1-13(12-25)18-7-8-19-20-6-5-16-11-17(28-15(3)26)9-10-24(16,4)22(20)23(27)21(19)14(18)2/h5,13,17,19-22H,6-11H2,1-4H3. The molecule has 2 fully saturated rings. The average molecular weight is 382 g/mol. The number of Topliss-reactive ketones (excluding diaryl/α,β-unsaturated/α-hetero) is 1. The Morgan fingerprint density at radius 1 is 1.36 bits per heavy atom. The molecule has 4 heteroatoms. The van der Waals surface area contributed by atoms with Gasteiger partial charge in [-0.1, -0.05) is 29.7 Å². The van der Waals surface area contributed by atoms with E-state index in [1.54, 1.807) is 0 Å². The molecule has 4 nitrogen and oxygen atoms in total. The Balaban J connectivity index is 1.65. The van der Waals surface area contributed by atoms with Gasteiger partial charge in [-0.05, 0) is 63.2 Å². The summed E-state index contributed by atoms with van der Waals surface area (Å²) in [6, 6.07) is 2.37. The lowest BCUT2D eigenvalue weighted by molar-refractivity contribution is -0.148. The zero-order valence-electron chi connectivity index (χ0n) is 17.5. The van der Waals surface area contributed by atoms with Crippen molar-refractivity contribution < 1.29 is 14.3 Å². The Kier molecular flexibility index (Phi) is 4.76. The minimum atomic E-state index is -0.217. The van der Waals surface area contributed by atoms with Crippen LogP contribution in [-0.4, -0.2) is 17.9 Å². The van der Waals surface area contributed by atoms with Crippen molar-refractivity contribution in [3.63, 3.8) is 0 Å². The van der Waals surface area contributed by atoms with Crippen LogP contribution in [0.3, 0.4) is 0 Å². The van der Waals surface area contributed by atoms with Crippen LogP contribution in [0.5, 0.6) is 0 Å². The number of nitrogens with zero attached hydrogens (tertiary/aromatic N) is 1. The molecule has 4 aliphatic carbocycles. The highest BCUT2D eigenvalue weighted by atomic mass is 16.5. The molecule has 0 radical (unpaired) electrons. The fourth-order valence-corrected chi connectivity index (χ4v) is 6.96. The number of fused-ring (bicyclic) bond motifs is 5. The zero-order chi connectivity index (χ0) is 20.2. The zero-order valence-corrected chi connectivity index (χ0v) is 17.5. The first-order valence-corrected chi connectivity index (χ1v) is 10.8. The second-order valence-electron chi connectivity index (χ2n) is 9.64. The third-order valence-corrected chi connectivity index (χ3v) is 8.28. The van der Waals surface area contributed by atoms with E-state index in [1.165, 1.54) is 23.6 Å². The van der Waals surface area contributed by atoms with Gasteiger partial charge in [0, 0.05) is 25.2 Å². The van der Waals surface area contributed by atoms with E-state index < -0.39 is 0 Å². The molecule has 0 aromatic heterocycles. The molecule has 28 heavy (non-hydrogen) atoms. The first-order chi connectivity index (χ1) is 13.3. The predicted octanol–water partition coefficient (Wildman–Crippen LogP) is 4.76. The van der Waals surface area contributed by atoms with E-state index in [9.17, 15) is 14.9 Å². The van der Waals surface area contributed by atoms with Crippen molar-refractivity contribution in [1.29, 1.82) is 5.26 Å². The number of ether oxygens (including phenoxy) is 1. The maximum Gasteiger partial charge on any atom is 0.302 e. The fourth-order valence-electron chi connectivity index (χ4n) is 6.96. The summed E-state index contributed by atoms with van der Waals surface area (Å²) in [5.74, 6) is 1.02. The molecule has 0 bridgehead atoms. The molecule has 0 saturated heterocycles. The van der Waals surface area contributed by atoms with Crippen molar-refractivity contribution in [3.8, 4) is 6.07 Å². The van der Waals surface area contributed by atoms with Gasteiger partial charge in [0.05, 0.1) is 12.0 Å². The summed E-state index contributed by atoms with van der Waals surface area (Å²) in [4.78, 5) is 25.1. The van der Waals surface area contributed by atoms with Crippen LogP contribution in [0.15, 0.2) is 22.8 Å². The van der Waals surface area contributed by atoms with Gasteiger partial charge in [0.25, 0.3) is 0 Å². The molecule has 4 rings (SSSR count). The Labute approximate surface area is 168 Å². The lowest BCUT2D eigenvalue weighted by Gasteiger charge is -2.48. The lowest BCUT2D eigenvalue weighted by atomic mass is 9.56. The van der Waals surface area contributed by atoms with Crippen molar-refractivity contribution in [1.82, 2.24) is 0 Å². The van der Waals surface area contributed by atoms with E-state index in [4.69, 9.17) is 4.74 Å². The first-order valence-electron chi connectivity index (χ1n) is 10.8. The van der Waals surface area contributed by atoms with Crippen LogP contribution in [0.4, 0.5) is 0 Å². The lowest BCUT2D eigenvalue weighted by Crippen LogP contribution is -2.44. The van der Waals surface area contributed by atoms with E-state index in [-0.39, 0.29) is 35.2 Å². The second-order valence-corrected chi connectivity index (χ2v) is 9.64. The van der Waals surface area contributed by atoms with Crippen LogP contribution in [-0.2, 0) is 14.3 Å². The van der Waals surface area contributed by atoms with E-state index >= 15 is 0 Å². The summed E-state index contributed by atoms with van der Waals surface area (Å²) in [5, 5.41) is 9.39. The number of carbonyl (C=O) groups is 2. The van der Waals surface area contributed by atoms with Crippen molar-refractivity contribution in [2.24, 2.45) is 35.0 Å². The summed E-state index contributed by atoms with van der Waals surface area (Å²) in [6.07, 6.45) is 7.79. The highest BCUT2D eigenvalue weighted by Crippen LogP contribution is 2.62. The number of ketones is 1. The summed E-state index contributed by atoms with van der Waals surface area (Å²) < 4.78 is 5.48. The van der Waals surface area contributed by atoms with Gasteiger partial charge in [-0.3, -0.25) is 9.59 Å². The molecule has 150 valence electrons. The van der Waals surface area contributed by atoms with Crippen LogP contribution in [0, 0.1) is 46.3 Å². The molecule has 4 aliphatic rings. The van der Waals surface area contributed by atoms with Gasteiger partial charge in [0.15, 0.2) is 0 Å². The first kappa shape index (κ1) is 19.4. The van der Waals surface area contributed by atoms with E-state index in [0.717, 1.165) is 38.5 Å². The summed E-state index contributed by atoms with van der Waals surface area (Å²) in [5.41, 5.74) is 3.61. The SMILES string of the molecule is CC(=O)OC1CCC2(C)C(=CCC3C4CCC(C(C)C#N)=C(C)C4C(=O)C32)C1. The maximum atomic E-state index is 13.7. The van der Waals surface area contributed by atoms with E-state index in [1.807, 2.05) is 6.92 Å². The number of hydrogen-bond donors (Lipinski definition) is 0. The van der Waals surface area contributed by atoms with E-state index in [2.05, 4.69) is 26.0 Å². The Hall–Kier alpha value is -1.89. The molecule has 0 N–H and O–H groups in total. The Bertz CT molecular complexity index is 816. The van der Waals surface area contributed by atoms with Gasteiger partial charge in [-0.25, -0.2) is 0 Å². The smallest absolute Gasteiger partial charge is 0.302 e. The highest BCUT2D eigenvalue weighted by molar-refractivity contribution is 5.91. The van der Waals surface area contributed by atoms with Gasteiger partial charge < -0.3 is 4.74 Å². The molecule has 0 heterocycles. The minimum Gasteiger partial charge on any atom is -0.462 e. The Morgan fingerprint density at radius 2 is 2.11 bits per heavy atom. The van der Waals surface area contributed by atoms with Crippen molar-refractivity contribution in [2.75, 3.05) is 0 Å². The second kappa shape index (κ2) is 6.87. The maximum absolute atomic E-state index is 13.7. The third-order valence-electron chi connectivity index (χ3n) is 8.28. The Morgan fingerprint density at radius 3 is 2.79 bits per heavy atom. The predicted molar refractivity (Wildman–Crippen MR) is 106 cm³/mol. The van der Waals surface area contributed by atoms with Gasteiger partial charge >= 0.3 is 5.97 Å². The molecule has 7 unspecified atom stereocenters. The van der Waals surface area contributed by atoms with Gasteiger partial charge in [0.2, 0.25) is 0 Å². The number of allylic oxidation sites excluding steroid dienone is 3. The molecule has 2 saturated carbocycles. The van der Waals surface area contributed by atoms with Crippen LogP contribution in [0.25, 0.3) is 0 Å². The van der Waals surface area contributed by atoms with Gasteiger partial charge in [-0.15, -0.1) is 0 Å². The molecule has 0 aliphatic heterocycles. The molecule has 0 aromatic carbocycles.